The number of non-ortho nitro benzene ring substituents is 1. The zero-order valence-corrected chi connectivity index (χ0v) is 17.6. The SMILES string of the molecule is C[C@@H](C(=O)Nc1ccc(N2CCCC2)cc1)N(c1cccc([N+](=O)[O-])c1)S(C)(=O)=O. The zero-order valence-electron chi connectivity index (χ0n) is 16.8. The number of nitro benzene ring substituents is 1. The molecule has 2 aromatic carbocycles. The van der Waals surface area contributed by atoms with Crippen molar-refractivity contribution in [2.75, 3.05) is 33.9 Å². The lowest BCUT2D eigenvalue weighted by Gasteiger charge is -2.28. The van der Waals surface area contributed by atoms with Gasteiger partial charge in [0.05, 0.1) is 16.9 Å². The highest BCUT2D eigenvalue weighted by Crippen LogP contribution is 2.26. The predicted octanol–water partition coefficient (Wildman–Crippen LogP) is 2.99. The Balaban J connectivity index is 1.79. The van der Waals surface area contributed by atoms with Gasteiger partial charge in [-0.05, 0) is 50.1 Å². The number of nitro groups is 1. The largest absolute Gasteiger partial charge is 0.372 e. The van der Waals surface area contributed by atoms with E-state index in [0.717, 1.165) is 48.2 Å². The fourth-order valence-corrected chi connectivity index (χ4v) is 4.70. The molecule has 0 saturated carbocycles. The molecule has 1 aliphatic rings. The van der Waals surface area contributed by atoms with Crippen molar-refractivity contribution < 1.29 is 18.1 Å². The van der Waals surface area contributed by atoms with Crippen molar-refractivity contribution >= 4 is 38.7 Å². The second kappa shape index (κ2) is 8.70. The van der Waals surface area contributed by atoms with Crippen molar-refractivity contribution in [3.63, 3.8) is 0 Å². The molecule has 0 aromatic heterocycles. The Labute approximate surface area is 175 Å². The maximum Gasteiger partial charge on any atom is 0.271 e. The van der Waals surface area contributed by atoms with Crippen molar-refractivity contribution in [3.8, 4) is 0 Å². The third-order valence-corrected chi connectivity index (χ3v) is 6.23. The Bertz CT molecular complexity index is 1030. The summed E-state index contributed by atoms with van der Waals surface area (Å²) in [6.45, 7) is 3.46. The Hall–Kier alpha value is -3.14. The summed E-state index contributed by atoms with van der Waals surface area (Å²) in [5.74, 6) is -0.541. The summed E-state index contributed by atoms with van der Waals surface area (Å²) in [6, 6.07) is 11.5. The third-order valence-electron chi connectivity index (χ3n) is 4.99. The first-order valence-electron chi connectivity index (χ1n) is 9.56. The van der Waals surface area contributed by atoms with E-state index in [9.17, 15) is 23.3 Å². The molecule has 9 nitrogen and oxygen atoms in total. The molecule has 1 atom stereocenters. The molecule has 0 spiro atoms. The van der Waals surface area contributed by atoms with E-state index in [1.165, 1.54) is 25.1 Å². The van der Waals surface area contributed by atoms with Crippen LogP contribution in [0, 0.1) is 10.1 Å². The second-order valence-electron chi connectivity index (χ2n) is 7.24. The molecule has 3 rings (SSSR count). The smallest absolute Gasteiger partial charge is 0.271 e. The van der Waals surface area contributed by atoms with Gasteiger partial charge in [0.2, 0.25) is 15.9 Å². The Morgan fingerprint density at radius 2 is 1.80 bits per heavy atom. The maximum absolute atomic E-state index is 12.8. The first kappa shape index (κ1) is 21.6. The molecule has 10 heteroatoms. The average Bonchev–Trinajstić information content (AvgIpc) is 3.22. The fourth-order valence-electron chi connectivity index (χ4n) is 3.53. The summed E-state index contributed by atoms with van der Waals surface area (Å²) in [6.07, 6.45) is 3.28. The van der Waals surface area contributed by atoms with Crippen molar-refractivity contribution in [2.45, 2.75) is 25.8 Å². The molecule has 1 N–H and O–H groups in total. The van der Waals surface area contributed by atoms with Crippen LogP contribution in [0.15, 0.2) is 48.5 Å². The standard InChI is InChI=1S/C20H24N4O5S/c1-15(23(30(2,28)29)18-6-5-7-19(14-18)24(26)27)20(25)21-16-8-10-17(11-9-16)22-12-3-4-13-22/h5-11,14-15H,3-4,12-13H2,1-2H3,(H,21,25)/t15-/m0/s1. The first-order chi connectivity index (χ1) is 14.2. The van der Waals surface area contributed by atoms with E-state index in [4.69, 9.17) is 0 Å². The number of anilines is 3. The molecule has 1 saturated heterocycles. The lowest BCUT2D eigenvalue weighted by Crippen LogP contribution is -2.45. The van der Waals surface area contributed by atoms with Gasteiger partial charge in [-0.2, -0.15) is 0 Å². The molecule has 1 aliphatic heterocycles. The van der Waals surface area contributed by atoms with Crippen LogP contribution in [-0.4, -0.2) is 44.6 Å². The topological polar surface area (TPSA) is 113 Å². The minimum absolute atomic E-state index is 0.0544. The van der Waals surface area contributed by atoms with Gasteiger partial charge in [-0.15, -0.1) is 0 Å². The van der Waals surface area contributed by atoms with E-state index in [2.05, 4.69) is 10.2 Å². The van der Waals surface area contributed by atoms with Gasteiger partial charge >= 0.3 is 0 Å². The van der Waals surface area contributed by atoms with E-state index < -0.39 is 26.9 Å². The van der Waals surface area contributed by atoms with E-state index in [0.29, 0.717) is 5.69 Å². The number of rotatable bonds is 7. The van der Waals surface area contributed by atoms with E-state index in [1.54, 1.807) is 12.1 Å². The van der Waals surface area contributed by atoms with Crippen molar-refractivity contribution in [2.24, 2.45) is 0 Å². The molecule has 0 unspecified atom stereocenters. The average molecular weight is 433 g/mol. The van der Waals surface area contributed by atoms with Crippen LogP contribution in [0.5, 0.6) is 0 Å². The van der Waals surface area contributed by atoms with E-state index >= 15 is 0 Å². The normalized spacial score (nSPS) is 14.9. The lowest BCUT2D eigenvalue weighted by molar-refractivity contribution is -0.384. The van der Waals surface area contributed by atoms with Crippen LogP contribution in [0.1, 0.15) is 19.8 Å². The molecule has 30 heavy (non-hydrogen) atoms. The van der Waals surface area contributed by atoms with Gasteiger partial charge in [-0.1, -0.05) is 6.07 Å². The van der Waals surface area contributed by atoms with Gasteiger partial charge < -0.3 is 10.2 Å². The van der Waals surface area contributed by atoms with E-state index in [-0.39, 0.29) is 11.4 Å². The highest BCUT2D eigenvalue weighted by molar-refractivity contribution is 7.92. The zero-order chi connectivity index (χ0) is 21.9. The van der Waals surface area contributed by atoms with Crippen LogP contribution in [0.4, 0.5) is 22.7 Å². The monoisotopic (exact) mass is 432 g/mol. The van der Waals surface area contributed by atoms with Crippen molar-refractivity contribution in [1.82, 2.24) is 0 Å². The predicted molar refractivity (Wildman–Crippen MR) is 116 cm³/mol. The first-order valence-corrected chi connectivity index (χ1v) is 11.4. The summed E-state index contributed by atoms with van der Waals surface area (Å²) in [4.78, 5) is 25.5. The molecule has 160 valence electrons. The molecule has 0 bridgehead atoms. The highest BCUT2D eigenvalue weighted by atomic mass is 32.2. The molecule has 0 aliphatic carbocycles. The highest BCUT2D eigenvalue weighted by Gasteiger charge is 2.30. The minimum Gasteiger partial charge on any atom is -0.372 e. The summed E-state index contributed by atoms with van der Waals surface area (Å²) < 4.78 is 25.6. The fraction of sp³-hybridized carbons (Fsp3) is 0.350. The van der Waals surface area contributed by atoms with Gasteiger partial charge in [-0.3, -0.25) is 19.2 Å². The van der Waals surface area contributed by atoms with Gasteiger partial charge in [0.1, 0.15) is 6.04 Å². The molecular formula is C20H24N4O5S. The Morgan fingerprint density at radius 3 is 2.37 bits per heavy atom. The number of carbonyl (C=O) groups is 1. The Kier molecular flexibility index (Phi) is 6.25. The van der Waals surface area contributed by atoms with Gasteiger partial charge in [0, 0.05) is 36.6 Å². The summed E-state index contributed by atoms with van der Waals surface area (Å²) in [5.41, 5.74) is 1.42. The quantitative estimate of drug-likeness (QED) is 0.532. The lowest BCUT2D eigenvalue weighted by atomic mass is 10.2. The van der Waals surface area contributed by atoms with Gasteiger partial charge in [-0.25, -0.2) is 8.42 Å². The molecule has 2 aromatic rings. The molecule has 1 fully saturated rings. The number of hydrogen-bond acceptors (Lipinski definition) is 6. The number of nitrogens with one attached hydrogen (secondary N) is 1. The number of nitrogens with zero attached hydrogens (tertiary/aromatic N) is 3. The minimum atomic E-state index is -3.87. The number of benzene rings is 2. The van der Waals surface area contributed by atoms with Crippen LogP contribution in [0.2, 0.25) is 0 Å². The van der Waals surface area contributed by atoms with E-state index in [1.807, 2.05) is 12.1 Å². The van der Waals surface area contributed by atoms with Crippen LogP contribution in [0.3, 0.4) is 0 Å². The summed E-state index contributed by atoms with van der Waals surface area (Å²) >= 11 is 0. The van der Waals surface area contributed by atoms with Crippen molar-refractivity contribution in [3.05, 3.63) is 58.6 Å². The van der Waals surface area contributed by atoms with Gasteiger partial charge in [0.25, 0.3) is 5.69 Å². The maximum atomic E-state index is 12.8. The Morgan fingerprint density at radius 1 is 1.17 bits per heavy atom. The van der Waals surface area contributed by atoms with Crippen LogP contribution >= 0.6 is 0 Å². The van der Waals surface area contributed by atoms with Crippen molar-refractivity contribution in [1.29, 1.82) is 0 Å². The second-order valence-corrected chi connectivity index (χ2v) is 9.10. The summed E-state index contributed by atoms with van der Waals surface area (Å²) in [5, 5.41) is 13.8. The number of sulfonamides is 1. The molecule has 1 heterocycles. The summed E-state index contributed by atoms with van der Waals surface area (Å²) in [7, 11) is -3.87. The number of hydrogen-bond donors (Lipinski definition) is 1. The third kappa shape index (κ3) is 4.88. The van der Waals surface area contributed by atoms with Crippen LogP contribution in [0.25, 0.3) is 0 Å². The molecule has 0 radical (unpaired) electrons. The molecular weight excluding hydrogens is 408 g/mol. The van der Waals surface area contributed by atoms with Crippen LogP contribution < -0.4 is 14.5 Å². The van der Waals surface area contributed by atoms with Crippen LogP contribution in [-0.2, 0) is 14.8 Å². The number of amides is 1. The number of carbonyl (C=O) groups excluding carboxylic acids is 1. The molecule has 1 amide bonds. The van der Waals surface area contributed by atoms with Gasteiger partial charge in [0.15, 0.2) is 0 Å².